The zero-order valence-electron chi connectivity index (χ0n) is 53.1. The SMILES string of the molecule is CCCCC/C=C\CCCCCCCC(=O)OCCCCCCCCCCCCCCCCC/C=C\C/C=C\CCCCCCCCCCCCCCCCCCCC(=O)NC(CO)C(O)/C=C/CCCCCCCCCCC. The van der Waals surface area contributed by atoms with Gasteiger partial charge in [0, 0.05) is 12.8 Å². The van der Waals surface area contributed by atoms with Crippen LogP contribution in [-0.2, 0) is 14.3 Å². The van der Waals surface area contributed by atoms with Gasteiger partial charge in [-0.3, -0.25) is 9.59 Å². The number of nitrogens with one attached hydrogen (secondary N) is 1. The van der Waals surface area contributed by atoms with Crippen molar-refractivity contribution in [1.82, 2.24) is 5.32 Å². The highest BCUT2D eigenvalue weighted by molar-refractivity contribution is 5.76. The molecule has 0 radical (unpaired) electrons. The summed E-state index contributed by atoms with van der Waals surface area (Å²) in [5.41, 5.74) is 0. The molecule has 0 aromatic heterocycles. The fourth-order valence-corrected chi connectivity index (χ4v) is 10.9. The summed E-state index contributed by atoms with van der Waals surface area (Å²) in [6.07, 6.45) is 89.3. The van der Waals surface area contributed by atoms with Gasteiger partial charge in [0.05, 0.1) is 25.4 Å². The van der Waals surface area contributed by atoms with Crippen LogP contribution in [0.1, 0.15) is 380 Å². The molecule has 0 aliphatic rings. The smallest absolute Gasteiger partial charge is 0.305 e. The molecule has 2 unspecified atom stereocenters. The van der Waals surface area contributed by atoms with E-state index in [4.69, 9.17) is 4.74 Å². The summed E-state index contributed by atoms with van der Waals surface area (Å²) in [6, 6.07) is -0.624. The Morgan fingerprint density at radius 2 is 0.633 bits per heavy atom. The van der Waals surface area contributed by atoms with Gasteiger partial charge in [-0.25, -0.2) is 0 Å². The molecular formula is C73H137NO5. The van der Waals surface area contributed by atoms with Crippen molar-refractivity contribution in [2.24, 2.45) is 0 Å². The molecule has 0 bridgehead atoms. The number of amides is 1. The van der Waals surface area contributed by atoms with Crippen molar-refractivity contribution in [2.75, 3.05) is 13.2 Å². The number of aliphatic hydroxyl groups excluding tert-OH is 2. The topological polar surface area (TPSA) is 95.9 Å². The second-order valence-electron chi connectivity index (χ2n) is 24.2. The molecule has 1 amide bonds. The van der Waals surface area contributed by atoms with Crippen LogP contribution in [0.2, 0.25) is 0 Å². The molecule has 0 fully saturated rings. The van der Waals surface area contributed by atoms with Crippen LogP contribution in [0.3, 0.4) is 0 Å². The summed E-state index contributed by atoms with van der Waals surface area (Å²) in [5, 5.41) is 23.1. The average Bonchev–Trinajstić information content (AvgIpc) is 3.45. The number of carbonyl (C=O) groups excluding carboxylic acids is 2. The van der Waals surface area contributed by atoms with Crippen molar-refractivity contribution in [3.8, 4) is 0 Å². The summed E-state index contributed by atoms with van der Waals surface area (Å²) in [6.45, 7) is 4.88. The summed E-state index contributed by atoms with van der Waals surface area (Å²) in [5.74, 6) is -0.0552. The zero-order valence-corrected chi connectivity index (χ0v) is 53.1. The van der Waals surface area contributed by atoms with E-state index < -0.39 is 12.1 Å². The summed E-state index contributed by atoms with van der Waals surface area (Å²) in [7, 11) is 0. The molecule has 0 aliphatic carbocycles. The minimum Gasteiger partial charge on any atom is -0.466 e. The molecule has 6 heteroatoms. The monoisotopic (exact) mass is 1110 g/mol. The molecule has 0 aromatic rings. The van der Waals surface area contributed by atoms with Crippen LogP contribution >= 0.6 is 0 Å². The maximum absolute atomic E-state index is 12.4. The molecule has 6 nitrogen and oxygen atoms in total. The number of carbonyl (C=O) groups is 2. The normalized spacial score (nSPS) is 12.8. The lowest BCUT2D eigenvalue weighted by Gasteiger charge is -2.20. The highest BCUT2D eigenvalue weighted by Gasteiger charge is 2.18. The van der Waals surface area contributed by atoms with Gasteiger partial charge >= 0.3 is 5.97 Å². The van der Waals surface area contributed by atoms with E-state index in [0.717, 1.165) is 51.4 Å². The molecule has 0 saturated carbocycles. The predicted molar refractivity (Wildman–Crippen MR) is 347 cm³/mol. The molecular weight excluding hydrogens is 971 g/mol. The van der Waals surface area contributed by atoms with Crippen LogP contribution in [0, 0.1) is 0 Å². The van der Waals surface area contributed by atoms with Gasteiger partial charge < -0.3 is 20.3 Å². The maximum Gasteiger partial charge on any atom is 0.305 e. The Bertz CT molecular complexity index is 1320. The number of esters is 1. The number of allylic oxidation sites excluding steroid dienone is 7. The van der Waals surface area contributed by atoms with Crippen LogP contribution in [0.4, 0.5) is 0 Å². The third-order valence-corrected chi connectivity index (χ3v) is 16.3. The zero-order chi connectivity index (χ0) is 57.1. The van der Waals surface area contributed by atoms with Gasteiger partial charge in [0.2, 0.25) is 5.91 Å². The highest BCUT2D eigenvalue weighted by Crippen LogP contribution is 2.18. The summed E-state index contributed by atoms with van der Waals surface area (Å²) < 4.78 is 5.47. The van der Waals surface area contributed by atoms with E-state index in [1.54, 1.807) is 6.08 Å². The Labute approximate surface area is 493 Å². The van der Waals surface area contributed by atoms with E-state index in [1.807, 2.05) is 6.08 Å². The largest absolute Gasteiger partial charge is 0.466 e. The molecule has 0 rings (SSSR count). The number of hydrogen-bond donors (Lipinski definition) is 3. The van der Waals surface area contributed by atoms with Crippen LogP contribution in [0.15, 0.2) is 48.6 Å². The Kier molecular flexibility index (Phi) is 66.4. The molecule has 464 valence electrons. The van der Waals surface area contributed by atoms with E-state index in [1.165, 1.54) is 302 Å². The van der Waals surface area contributed by atoms with Crippen LogP contribution < -0.4 is 5.32 Å². The van der Waals surface area contributed by atoms with Gasteiger partial charge in [-0.15, -0.1) is 0 Å². The minimum atomic E-state index is -0.841. The molecule has 0 aliphatic heterocycles. The molecule has 0 heterocycles. The number of hydrogen-bond acceptors (Lipinski definition) is 5. The molecule has 79 heavy (non-hydrogen) atoms. The minimum absolute atomic E-state index is 0.00991. The molecule has 0 aromatic carbocycles. The second kappa shape index (κ2) is 68.3. The van der Waals surface area contributed by atoms with Crippen molar-refractivity contribution < 1.29 is 24.5 Å². The third-order valence-electron chi connectivity index (χ3n) is 16.3. The van der Waals surface area contributed by atoms with Crippen molar-refractivity contribution in [1.29, 1.82) is 0 Å². The van der Waals surface area contributed by atoms with E-state index in [9.17, 15) is 19.8 Å². The first kappa shape index (κ1) is 76.8. The highest BCUT2D eigenvalue weighted by atomic mass is 16.5. The first-order chi connectivity index (χ1) is 39.0. The van der Waals surface area contributed by atoms with Crippen LogP contribution in [0.5, 0.6) is 0 Å². The van der Waals surface area contributed by atoms with E-state index in [2.05, 4.69) is 55.6 Å². The number of ether oxygens (including phenoxy) is 1. The molecule has 2 atom stereocenters. The first-order valence-corrected chi connectivity index (χ1v) is 35.4. The quantitative estimate of drug-likeness (QED) is 0.0320. The van der Waals surface area contributed by atoms with E-state index >= 15 is 0 Å². The van der Waals surface area contributed by atoms with Gasteiger partial charge in [0.15, 0.2) is 0 Å². The third kappa shape index (κ3) is 64.8. The summed E-state index contributed by atoms with van der Waals surface area (Å²) >= 11 is 0. The van der Waals surface area contributed by atoms with Gasteiger partial charge in [0.1, 0.15) is 0 Å². The Hall–Kier alpha value is -2.18. The van der Waals surface area contributed by atoms with Crippen molar-refractivity contribution in [3.05, 3.63) is 48.6 Å². The van der Waals surface area contributed by atoms with Gasteiger partial charge in [-0.1, -0.05) is 326 Å². The van der Waals surface area contributed by atoms with E-state index in [-0.39, 0.29) is 18.5 Å². The maximum atomic E-state index is 12.4. The van der Waals surface area contributed by atoms with Gasteiger partial charge in [-0.2, -0.15) is 0 Å². The molecule has 0 saturated heterocycles. The Morgan fingerprint density at radius 3 is 1.00 bits per heavy atom. The van der Waals surface area contributed by atoms with Crippen molar-refractivity contribution in [3.63, 3.8) is 0 Å². The fraction of sp³-hybridized carbons (Fsp3) is 0.863. The fourth-order valence-electron chi connectivity index (χ4n) is 10.9. The van der Waals surface area contributed by atoms with Crippen molar-refractivity contribution in [2.45, 2.75) is 392 Å². The number of rotatable bonds is 66. The second-order valence-corrected chi connectivity index (χ2v) is 24.2. The standard InChI is InChI=1S/C73H137NO5/c1-3-5-7-9-11-13-15-47-51-55-59-63-67-73(78)79-68-64-60-56-52-48-44-42-40-38-36-34-32-30-28-26-24-22-20-18-16-17-19-21-23-25-27-29-31-33-35-37-39-41-43-46-50-54-58-62-66-72(77)74-70(69-75)71(76)65-61-57-53-49-45-14-12-10-8-6-4-2/h11,13,16-17,20,22,61,65,70-71,75-76H,3-10,12,14-15,18-19,21,23-60,62-64,66-69H2,1-2H3,(H,74,77)/b13-11-,17-16-,22-20-,65-61+. The van der Waals surface area contributed by atoms with Crippen LogP contribution in [0.25, 0.3) is 0 Å². The Balaban J connectivity index is 3.35. The summed E-state index contributed by atoms with van der Waals surface area (Å²) in [4.78, 5) is 24.5. The lowest BCUT2D eigenvalue weighted by Crippen LogP contribution is -2.45. The Morgan fingerprint density at radius 1 is 0.354 bits per heavy atom. The lowest BCUT2D eigenvalue weighted by molar-refractivity contribution is -0.143. The van der Waals surface area contributed by atoms with Gasteiger partial charge in [0.25, 0.3) is 0 Å². The lowest BCUT2D eigenvalue weighted by atomic mass is 10.0. The molecule has 3 N–H and O–H groups in total. The van der Waals surface area contributed by atoms with Crippen molar-refractivity contribution >= 4 is 11.9 Å². The number of unbranched alkanes of at least 4 members (excludes halogenated alkanes) is 49. The number of aliphatic hydroxyl groups is 2. The van der Waals surface area contributed by atoms with Gasteiger partial charge in [-0.05, 0) is 89.9 Å². The average molecular weight is 1110 g/mol. The predicted octanol–water partition coefficient (Wildman–Crippen LogP) is 22.9. The van der Waals surface area contributed by atoms with Crippen LogP contribution in [-0.4, -0.2) is 47.4 Å². The first-order valence-electron chi connectivity index (χ1n) is 35.4. The molecule has 0 spiro atoms. The van der Waals surface area contributed by atoms with E-state index in [0.29, 0.717) is 19.4 Å².